The molecule has 0 bridgehead atoms. The summed E-state index contributed by atoms with van der Waals surface area (Å²) in [6.45, 7) is 2.24. The van der Waals surface area contributed by atoms with Crippen molar-refractivity contribution in [3.63, 3.8) is 0 Å². The number of rotatable bonds is 7. The fourth-order valence-electron chi connectivity index (χ4n) is 1.55. The van der Waals surface area contributed by atoms with E-state index in [1.165, 1.54) is 12.1 Å². The first-order valence-electron chi connectivity index (χ1n) is 6.15. The van der Waals surface area contributed by atoms with E-state index in [2.05, 4.69) is 5.32 Å². The lowest BCUT2D eigenvalue weighted by Crippen LogP contribution is -2.41. The van der Waals surface area contributed by atoms with Gasteiger partial charge in [0, 0.05) is 26.7 Å². The second-order valence-corrected chi connectivity index (χ2v) is 4.82. The third-order valence-corrected chi connectivity index (χ3v) is 2.79. The predicted octanol–water partition coefficient (Wildman–Crippen LogP) is 1.27. The zero-order valence-electron chi connectivity index (χ0n) is 11.3. The van der Waals surface area contributed by atoms with Crippen LogP contribution in [0, 0.1) is 5.82 Å². The minimum atomic E-state index is -0.992. The van der Waals surface area contributed by atoms with Crippen LogP contribution in [0.1, 0.15) is 18.9 Å². The van der Waals surface area contributed by atoms with Gasteiger partial charge in [0.25, 0.3) is 0 Å². The molecular formula is C14H20FNO3. The molecule has 1 aromatic carbocycles. The van der Waals surface area contributed by atoms with Crippen LogP contribution in [0.25, 0.3) is 0 Å². The Labute approximate surface area is 112 Å². The van der Waals surface area contributed by atoms with Crippen molar-refractivity contribution in [3.05, 3.63) is 35.6 Å². The summed E-state index contributed by atoms with van der Waals surface area (Å²) >= 11 is 0. The fourth-order valence-corrected chi connectivity index (χ4v) is 1.55. The van der Waals surface area contributed by atoms with Crippen LogP contribution >= 0.6 is 0 Å². The molecule has 5 heteroatoms. The topological polar surface area (TPSA) is 58.6 Å². The second-order valence-electron chi connectivity index (χ2n) is 4.82. The Hall–Kier alpha value is -1.46. The lowest BCUT2D eigenvalue weighted by atomic mass is 10.0. The zero-order valence-corrected chi connectivity index (χ0v) is 11.3. The highest BCUT2D eigenvalue weighted by Crippen LogP contribution is 2.08. The molecule has 0 aliphatic carbocycles. The third kappa shape index (κ3) is 6.31. The largest absolute Gasteiger partial charge is 0.388 e. The van der Waals surface area contributed by atoms with Crippen LogP contribution in [0.15, 0.2) is 24.3 Å². The average molecular weight is 269 g/mol. The molecule has 1 rings (SSSR count). The number of hydrogen-bond donors (Lipinski definition) is 2. The highest BCUT2D eigenvalue weighted by Gasteiger charge is 2.20. The van der Waals surface area contributed by atoms with Crippen molar-refractivity contribution in [2.45, 2.75) is 25.4 Å². The van der Waals surface area contributed by atoms with Gasteiger partial charge in [-0.25, -0.2) is 4.39 Å². The summed E-state index contributed by atoms with van der Waals surface area (Å²) in [7, 11) is 1.56. The van der Waals surface area contributed by atoms with Crippen LogP contribution < -0.4 is 5.32 Å². The summed E-state index contributed by atoms with van der Waals surface area (Å²) in [6.07, 6.45) is 0.612. The highest BCUT2D eigenvalue weighted by atomic mass is 19.1. The summed E-state index contributed by atoms with van der Waals surface area (Å²) in [5, 5.41) is 12.6. The van der Waals surface area contributed by atoms with Gasteiger partial charge in [-0.05, 0) is 24.6 Å². The summed E-state index contributed by atoms with van der Waals surface area (Å²) in [5.41, 5.74) is -0.260. The Balaban J connectivity index is 2.37. The highest BCUT2D eigenvalue weighted by molar-refractivity contribution is 5.78. The molecule has 0 heterocycles. The smallest absolute Gasteiger partial charge is 0.224 e. The maximum Gasteiger partial charge on any atom is 0.224 e. The van der Waals surface area contributed by atoms with Gasteiger partial charge in [0.05, 0.1) is 12.0 Å². The maximum atomic E-state index is 12.7. The Bertz CT molecular complexity index is 404. The first-order valence-corrected chi connectivity index (χ1v) is 6.15. The van der Waals surface area contributed by atoms with Crippen LogP contribution in [0.2, 0.25) is 0 Å². The molecule has 1 unspecified atom stereocenters. The average Bonchev–Trinajstić information content (AvgIpc) is 2.37. The van der Waals surface area contributed by atoms with E-state index in [4.69, 9.17) is 4.74 Å². The number of carbonyl (C=O) groups excluding carboxylic acids is 1. The molecule has 0 aliphatic heterocycles. The number of hydrogen-bond acceptors (Lipinski definition) is 3. The Morgan fingerprint density at radius 1 is 1.42 bits per heavy atom. The molecule has 4 nitrogen and oxygen atoms in total. The maximum absolute atomic E-state index is 12.7. The van der Waals surface area contributed by atoms with E-state index in [-0.39, 0.29) is 24.7 Å². The van der Waals surface area contributed by atoms with E-state index in [0.717, 1.165) is 5.56 Å². The number of methoxy groups -OCH3 is 1. The number of benzene rings is 1. The lowest BCUT2D eigenvalue weighted by Gasteiger charge is -2.23. The molecule has 0 aromatic heterocycles. The number of carbonyl (C=O) groups is 1. The second kappa shape index (κ2) is 7.21. The van der Waals surface area contributed by atoms with Gasteiger partial charge >= 0.3 is 0 Å². The number of halogens is 1. The zero-order chi connectivity index (χ0) is 14.3. The van der Waals surface area contributed by atoms with E-state index in [9.17, 15) is 14.3 Å². The Morgan fingerprint density at radius 2 is 2.05 bits per heavy atom. The molecule has 1 aromatic rings. The standard InChI is InChI=1S/C14H20FNO3/c1-14(18,7-8-19-2)10-16-13(17)9-11-3-5-12(15)6-4-11/h3-6,18H,7-10H2,1-2H3,(H,16,17). The number of nitrogens with one attached hydrogen (secondary N) is 1. The van der Waals surface area contributed by atoms with Gasteiger partial charge in [-0.1, -0.05) is 12.1 Å². The van der Waals surface area contributed by atoms with E-state index >= 15 is 0 Å². The van der Waals surface area contributed by atoms with Crippen molar-refractivity contribution < 1.29 is 19.0 Å². The molecule has 19 heavy (non-hydrogen) atoms. The van der Waals surface area contributed by atoms with Gasteiger partial charge in [0.1, 0.15) is 5.82 Å². The van der Waals surface area contributed by atoms with Gasteiger partial charge in [-0.15, -0.1) is 0 Å². The molecule has 2 N–H and O–H groups in total. The van der Waals surface area contributed by atoms with E-state index < -0.39 is 5.60 Å². The minimum Gasteiger partial charge on any atom is -0.388 e. The molecule has 0 radical (unpaired) electrons. The van der Waals surface area contributed by atoms with Crippen molar-refractivity contribution in [1.29, 1.82) is 0 Å². The SMILES string of the molecule is COCCC(C)(O)CNC(=O)Cc1ccc(F)cc1. The molecule has 0 aliphatic rings. The lowest BCUT2D eigenvalue weighted by molar-refractivity contribution is -0.121. The summed E-state index contributed by atoms with van der Waals surface area (Å²) in [4.78, 5) is 11.7. The Kier molecular flexibility index (Phi) is 5.92. The third-order valence-electron chi connectivity index (χ3n) is 2.79. The molecule has 0 saturated heterocycles. The van der Waals surface area contributed by atoms with Crippen molar-refractivity contribution in [1.82, 2.24) is 5.32 Å². The summed E-state index contributed by atoms with van der Waals surface area (Å²) in [6, 6.07) is 5.77. The molecule has 0 spiro atoms. The van der Waals surface area contributed by atoms with Gasteiger partial charge in [0.15, 0.2) is 0 Å². The van der Waals surface area contributed by atoms with E-state index in [1.54, 1.807) is 26.2 Å². The number of aliphatic hydroxyl groups is 1. The number of amides is 1. The van der Waals surface area contributed by atoms with Gasteiger partial charge in [0.2, 0.25) is 5.91 Å². The molecule has 106 valence electrons. The van der Waals surface area contributed by atoms with E-state index in [0.29, 0.717) is 13.0 Å². The van der Waals surface area contributed by atoms with Crippen molar-refractivity contribution in [2.75, 3.05) is 20.3 Å². The van der Waals surface area contributed by atoms with Crippen LogP contribution in [-0.4, -0.2) is 36.9 Å². The summed E-state index contributed by atoms with van der Waals surface area (Å²) in [5.74, 6) is -0.532. The monoisotopic (exact) mass is 269 g/mol. The van der Waals surface area contributed by atoms with Crippen molar-refractivity contribution in [2.24, 2.45) is 0 Å². The van der Waals surface area contributed by atoms with Crippen LogP contribution in [0.4, 0.5) is 4.39 Å². The van der Waals surface area contributed by atoms with E-state index in [1.807, 2.05) is 0 Å². The molecule has 0 fully saturated rings. The minimum absolute atomic E-state index is 0.163. The molecule has 1 atom stereocenters. The van der Waals surface area contributed by atoms with Crippen molar-refractivity contribution in [3.8, 4) is 0 Å². The van der Waals surface area contributed by atoms with Crippen LogP contribution in [0.3, 0.4) is 0 Å². The molecule has 0 saturated carbocycles. The predicted molar refractivity (Wildman–Crippen MR) is 70.2 cm³/mol. The van der Waals surface area contributed by atoms with Crippen LogP contribution in [0.5, 0.6) is 0 Å². The van der Waals surface area contributed by atoms with Gasteiger partial charge in [-0.2, -0.15) is 0 Å². The normalized spacial score (nSPS) is 13.9. The quantitative estimate of drug-likeness (QED) is 0.783. The molecular weight excluding hydrogens is 249 g/mol. The summed E-state index contributed by atoms with van der Waals surface area (Å²) < 4.78 is 17.6. The fraction of sp³-hybridized carbons (Fsp3) is 0.500. The first-order chi connectivity index (χ1) is 8.93. The van der Waals surface area contributed by atoms with Gasteiger partial charge in [-0.3, -0.25) is 4.79 Å². The molecule has 1 amide bonds. The Morgan fingerprint density at radius 3 is 2.63 bits per heavy atom. The van der Waals surface area contributed by atoms with Crippen LogP contribution in [-0.2, 0) is 16.0 Å². The van der Waals surface area contributed by atoms with Gasteiger partial charge < -0.3 is 15.2 Å². The first kappa shape index (κ1) is 15.6. The number of ether oxygens (including phenoxy) is 1. The van der Waals surface area contributed by atoms with Crippen molar-refractivity contribution >= 4 is 5.91 Å².